The lowest BCUT2D eigenvalue weighted by Crippen LogP contribution is -2.40. The number of aliphatic hydroxyl groups is 1. The van der Waals surface area contributed by atoms with Crippen molar-refractivity contribution in [3.8, 4) is 0 Å². The molecule has 1 saturated heterocycles. The molecule has 0 aromatic heterocycles. The van der Waals surface area contributed by atoms with E-state index < -0.39 is 11.9 Å². The SMILES string of the molecule is Cc1ccc(C(CN2CCC(O)C2)N(O)C(=O)Cc2ccc(Cl)c(Cl)c2)cc1. The third kappa shape index (κ3) is 5.25. The lowest BCUT2D eigenvalue weighted by molar-refractivity contribution is -0.177. The Morgan fingerprint density at radius 1 is 1.21 bits per heavy atom. The smallest absolute Gasteiger partial charge is 0.250 e. The van der Waals surface area contributed by atoms with E-state index in [1.165, 1.54) is 0 Å². The van der Waals surface area contributed by atoms with E-state index in [0.717, 1.165) is 22.7 Å². The lowest BCUT2D eigenvalue weighted by Gasteiger charge is -2.30. The standard InChI is InChI=1S/C21H24Cl2N2O3/c1-14-2-5-16(6-3-14)20(13-24-9-8-17(26)12-24)25(28)21(27)11-15-4-7-18(22)19(23)10-15/h2-7,10,17,20,26,28H,8-9,11-13H2,1H3. The van der Waals surface area contributed by atoms with Crippen LogP contribution >= 0.6 is 23.2 Å². The van der Waals surface area contributed by atoms with Gasteiger partial charge in [-0.3, -0.25) is 14.9 Å². The maximum absolute atomic E-state index is 12.8. The first-order valence-electron chi connectivity index (χ1n) is 9.25. The van der Waals surface area contributed by atoms with Crippen molar-refractivity contribution in [2.75, 3.05) is 19.6 Å². The number of hydrogen-bond acceptors (Lipinski definition) is 4. The zero-order chi connectivity index (χ0) is 20.3. The van der Waals surface area contributed by atoms with Gasteiger partial charge in [0.1, 0.15) is 0 Å². The Kier molecular flexibility index (Phi) is 6.96. The predicted octanol–water partition coefficient (Wildman–Crippen LogP) is 3.87. The van der Waals surface area contributed by atoms with Crippen molar-refractivity contribution in [1.82, 2.24) is 9.96 Å². The van der Waals surface area contributed by atoms with E-state index in [-0.39, 0.29) is 12.5 Å². The summed E-state index contributed by atoms with van der Waals surface area (Å²) in [5.41, 5.74) is 2.63. The van der Waals surface area contributed by atoms with Crippen LogP contribution in [0.4, 0.5) is 0 Å². The maximum Gasteiger partial charge on any atom is 0.250 e. The largest absolute Gasteiger partial charge is 0.392 e. The summed E-state index contributed by atoms with van der Waals surface area (Å²) in [6.45, 7) is 3.71. The molecule has 0 spiro atoms. The molecule has 1 fully saturated rings. The summed E-state index contributed by atoms with van der Waals surface area (Å²) >= 11 is 12.0. The maximum atomic E-state index is 12.8. The molecule has 2 aromatic rings. The quantitative estimate of drug-likeness (QED) is 0.547. The highest BCUT2D eigenvalue weighted by molar-refractivity contribution is 6.42. The molecular formula is C21H24Cl2N2O3. The highest BCUT2D eigenvalue weighted by atomic mass is 35.5. The fourth-order valence-corrected chi connectivity index (χ4v) is 3.73. The van der Waals surface area contributed by atoms with E-state index >= 15 is 0 Å². The van der Waals surface area contributed by atoms with E-state index in [1.54, 1.807) is 18.2 Å². The average Bonchev–Trinajstić information content (AvgIpc) is 3.08. The normalized spacial score (nSPS) is 18.2. The van der Waals surface area contributed by atoms with Gasteiger partial charge in [-0.25, -0.2) is 5.06 Å². The molecule has 2 N–H and O–H groups in total. The summed E-state index contributed by atoms with van der Waals surface area (Å²) in [6, 6.07) is 12.2. The van der Waals surface area contributed by atoms with Crippen molar-refractivity contribution < 1.29 is 15.1 Å². The number of aryl methyl sites for hydroxylation is 1. The molecule has 1 amide bonds. The molecule has 5 nitrogen and oxygen atoms in total. The molecule has 0 bridgehead atoms. The topological polar surface area (TPSA) is 64.0 Å². The fourth-order valence-electron chi connectivity index (χ4n) is 3.41. The Labute approximate surface area is 175 Å². The van der Waals surface area contributed by atoms with E-state index in [2.05, 4.69) is 4.90 Å². The Hall–Kier alpha value is -1.63. The van der Waals surface area contributed by atoms with Crippen LogP contribution in [0.1, 0.15) is 29.2 Å². The molecule has 150 valence electrons. The lowest BCUT2D eigenvalue weighted by atomic mass is 10.0. The number of rotatable bonds is 6. The van der Waals surface area contributed by atoms with Crippen LogP contribution in [0.3, 0.4) is 0 Å². The van der Waals surface area contributed by atoms with Gasteiger partial charge in [-0.05, 0) is 36.6 Å². The van der Waals surface area contributed by atoms with Crippen molar-refractivity contribution >= 4 is 29.1 Å². The number of benzene rings is 2. The summed E-state index contributed by atoms with van der Waals surface area (Å²) in [4.78, 5) is 14.8. The van der Waals surface area contributed by atoms with Crippen molar-refractivity contribution in [3.05, 3.63) is 69.2 Å². The number of likely N-dealkylation sites (tertiary alicyclic amines) is 1. The number of β-amino-alcohol motifs (C(OH)–C–C–N with tert-alkyl or cyclic N) is 1. The number of nitrogens with zero attached hydrogens (tertiary/aromatic N) is 2. The minimum atomic E-state index is -0.527. The van der Waals surface area contributed by atoms with Crippen molar-refractivity contribution in [3.63, 3.8) is 0 Å². The second kappa shape index (κ2) is 9.25. The first kappa shape index (κ1) is 21.1. The Bertz CT molecular complexity index is 829. The van der Waals surface area contributed by atoms with Crippen molar-refractivity contribution in [1.29, 1.82) is 0 Å². The molecule has 2 atom stereocenters. The van der Waals surface area contributed by atoms with Gasteiger partial charge in [-0.15, -0.1) is 0 Å². The highest BCUT2D eigenvalue weighted by Crippen LogP contribution is 2.26. The molecular weight excluding hydrogens is 399 g/mol. The first-order valence-corrected chi connectivity index (χ1v) is 10.0. The van der Waals surface area contributed by atoms with Crippen LogP contribution in [0.2, 0.25) is 10.0 Å². The molecule has 1 aliphatic heterocycles. The molecule has 0 radical (unpaired) electrons. The first-order chi connectivity index (χ1) is 13.3. The summed E-state index contributed by atoms with van der Waals surface area (Å²) in [6.07, 6.45) is 0.347. The van der Waals surface area contributed by atoms with Crippen LogP contribution < -0.4 is 0 Å². The van der Waals surface area contributed by atoms with E-state index in [4.69, 9.17) is 23.2 Å². The van der Waals surface area contributed by atoms with Gasteiger partial charge < -0.3 is 5.11 Å². The van der Waals surface area contributed by atoms with Gasteiger partial charge in [0.2, 0.25) is 0 Å². The Morgan fingerprint density at radius 3 is 2.54 bits per heavy atom. The van der Waals surface area contributed by atoms with Crippen molar-refractivity contribution in [2.24, 2.45) is 0 Å². The number of amides is 1. The molecule has 1 heterocycles. The fraction of sp³-hybridized carbons (Fsp3) is 0.381. The van der Waals surface area contributed by atoms with E-state index in [0.29, 0.717) is 35.1 Å². The van der Waals surface area contributed by atoms with Gasteiger partial charge in [0.25, 0.3) is 5.91 Å². The highest BCUT2D eigenvalue weighted by Gasteiger charge is 2.29. The zero-order valence-corrected chi connectivity index (χ0v) is 17.2. The van der Waals surface area contributed by atoms with Crippen LogP contribution in [-0.2, 0) is 11.2 Å². The molecule has 7 heteroatoms. The second-order valence-electron chi connectivity index (χ2n) is 7.29. The minimum absolute atomic E-state index is 0.0123. The number of hydrogen-bond donors (Lipinski definition) is 2. The molecule has 0 saturated carbocycles. The number of hydroxylamine groups is 2. The van der Waals surface area contributed by atoms with E-state index in [9.17, 15) is 15.1 Å². The third-order valence-electron chi connectivity index (χ3n) is 5.03. The molecule has 2 unspecified atom stereocenters. The molecule has 2 aromatic carbocycles. The Morgan fingerprint density at radius 2 is 1.93 bits per heavy atom. The number of carbonyl (C=O) groups is 1. The second-order valence-corrected chi connectivity index (χ2v) is 8.11. The zero-order valence-electron chi connectivity index (χ0n) is 15.7. The monoisotopic (exact) mass is 422 g/mol. The van der Waals surface area contributed by atoms with Crippen LogP contribution in [0, 0.1) is 6.92 Å². The molecule has 0 aliphatic carbocycles. The molecule has 28 heavy (non-hydrogen) atoms. The van der Waals surface area contributed by atoms with Gasteiger partial charge in [0.15, 0.2) is 0 Å². The summed E-state index contributed by atoms with van der Waals surface area (Å²) < 4.78 is 0. The summed E-state index contributed by atoms with van der Waals surface area (Å²) in [5, 5.41) is 22.1. The van der Waals surface area contributed by atoms with Gasteiger partial charge in [-0.2, -0.15) is 0 Å². The van der Waals surface area contributed by atoms with Crippen LogP contribution in [0.5, 0.6) is 0 Å². The predicted molar refractivity (Wildman–Crippen MR) is 110 cm³/mol. The summed E-state index contributed by atoms with van der Waals surface area (Å²) in [7, 11) is 0. The van der Waals surface area contributed by atoms with E-state index in [1.807, 2.05) is 31.2 Å². The van der Waals surface area contributed by atoms with Crippen LogP contribution in [0.15, 0.2) is 42.5 Å². The van der Waals surface area contributed by atoms with Crippen LogP contribution in [-0.4, -0.2) is 51.9 Å². The van der Waals surface area contributed by atoms with Gasteiger partial charge in [0, 0.05) is 19.6 Å². The number of aliphatic hydroxyl groups excluding tert-OH is 1. The minimum Gasteiger partial charge on any atom is -0.392 e. The number of halogens is 2. The van der Waals surface area contributed by atoms with Gasteiger partial charge >= 0.3 is 0 Å². The Balaban J connectivity index is 1.78. The van der Waals surface area contributed by atoms with Gasteiger partial charge in [0.05, 0.1) is 28.6 Å². The summed E-state index contributed by atoms with van der Waals surface area (Å²) in [5.74, 6) is -0.427. The molecule has 3 rings (SSSR count). The van der Waals surface area contributed by atoms with Crippen LogP contribution in [0.25, 0.3) is 0 Å². The van der Waals surface area contributed by atoms with Crippen molar-refractivity contribution in [2.45, 2.75) is 31.9 Å². The average molecular weight is 423 g/mol. The van der Waals surface area contributed by atoms with Gasteiger partial charge in [-0.1, -0.05) is 59.1 Å². The number of carbonyl (C=O) groups excluding carboxylic acids is 1. The molecule has 1 aliphatic rings. The third-order valence-corrected chi connectivity index (χ3v) is 5.77.